The molecule has 0 unspecified atom stereocenters. The molecule has 1 amide bonds. The van der Waals surface area contributed by atoms with Crippen LogP contribution >= 0.6 is 0 Å². The molecule has 1 aliphatic rings. The molecule has 0 bridgehead atoms. The Hall–Kier alpha value is -1.55. The minimum absolute atomic E-state index is 0.0194. The number of aliphatic hydroxyl groups is 1. The number of nitrogens with zero attached hydrogens (tertiary/aromatic N) is 1. The van der Waals surface area contributed by atoms with E-state index in [1.54, 1.807) is 0 Å². The topological polar surface area (TPSA) is 60.8 Å². The SMILES string of the molecule is O=C(O)N(Cc1ccc(CO)cc1)C1CC1. The van der Waals surface area contributed by atoms with Crippen molar-refractivity contribution in [2.24, 2.45) is 0 Å². The van der Waals surface area contributed by atoms with Crippen molar-refractivity contribution >= 4 is 6.09 Å². The summed E-state index contributed by atoms with van der Waals surface area (Å²) in [4.78, 5) is 12.5. The van der Waals surface area contributed by atoms with Crippen LogP contribution in [-0.2, 0) is 13.2 Å². The van der Waals surface area contributed by atoms with Gasteiger partial charge in [0.1, 0.15) is 0 Å². The normalized spacial score (nSPS) is 14.8. The van der Waals surface area contributed by atoms with Crippen LogP contribution < -0.4 is 0 Å². The quantitative estimate of drug-likeness (QED) is 0.815. The third-order valence-electron chi connectivity index (χ3n) is 2.79. The molecule has 0 aliphatic heterocycles. The molecule has 2 rings (SSSR count). The largest absolute Gasteiger partial charge is 0.465 e. The van der Waals surface area contributed by atoms with Gasteiger partial charge in [-0.05, 0) is 24.0 Å². The molecule has 16 heavy (non-hydrogen) atoms. The molecule has 1 aliphatic carbocycles. The van der Waals surface area contributed by atoms with Crippen LogP contribution in [0.5, 0.6) is 0 Å². The van der Waals surface area contributed by atoms with E-state index in [-0.39, 0.29) is 12.6 Å². The molecule has 0 saturated heterocycles. The molecule has 1 fully saturated rings. The first-order chi connectivity index (χ1) is 7.70. The standard InChI is InChI=1S/C12H15NO3/c14-8-10-3-1-9(2-4-10)7-13(12(15)16)11-5-6-11/h1-4,11,14H,5-8H2,(H,15,16). The maximum absolute atomic E-state index is 11.0. The Morgan fingerprint density at radius 2 is 1.81 bits per heavy atom. The highest BCUT2D eigenvalue weighted by molar-refractivity contribution is 5.66. The summed E-state index contributed by atoms with van der Waals surface area (Å²) < 4.78 is 0. The van der Waals surface area contributed by atoms with Crippen molar-refractivity contribution in [2.75, 3.05) is 0 Å². The first-order valence-corrected chi connectivity index (χ1v) is 5.39. The molecule has 4 heteroatoms. The van der Waals surface area contributed by atoms with Crippen LogP contribution in [0, 0.1) is 0 Å². The second-order valence-electron chi connectivity index (χ2n) is 4.12. The highest BCUT2D eigenvalue weighted by Gasteiger charge is 2.32. The average molecular weight is 221 g/mol. The fourth-order valence-electron chi connectivity index (χ4n) is 1.69. The lowest BCUT2D eigenvalue weighted by atomic mass is 10.1. The van der Waals surface area contributed by atoms with Gasteiger partial charge in [0.25, 0.3) is 0 Å². The highest BCUT2D eigenvalue weighted by atomic mass is 16.4. The van der Waals surface area contributed by atoms with Crippen molar-refractivity contribution < 1.29 is 15.0 Å². The lowest BCUT2D eigenvalue weighted by Crippen LogP contribution is -2.30. The molecule has 0 radical (unpaired) electrons. The maximum atomic E-state index is 11.0. The van der Waals surface area contributed by atoms with Crippen LogP contribution in [0.25, 0.3) is 0 Å². The van der Waals surface area contributed by atoms with E-state index in [1.807, 2.05) is 24.3 Å². The molecule has 1 saturated carbocycles. The lowest BCUT2D eigenvalue weighted by Gasteiger charge is -2.18. The Bertz CT molecular complexity index is 370. The van der Waals surface area contributed by atoms with Crippen molar-refractivity contribution in [1.82, 2.24) is 4.90 Å². The molecule has 4 nitrogen and oxygen atoms in total. The molecule has 0 heterocycles. The molecular weight excluding hydrogens is 206 g/mol. The summed E-state index contributed by atoms with van der Waals surface area (Å²) in [6.07, 6.45) is 1.09. The van der Waals surface area contributed by atoms with Crippen LogP contribution in [0.1, 0.15) is 24.0 Å². The second-order valence-corrected chi connectivity index (χ2v) is 4.12. The highest BCUT2D eigenvalue weighted by Crippen LogP contribution is 2.28. The minimum Gasteiger partial charge on any atom is -0.465 e. The molecule has 1 aromatic rings. The summed E-state index contributed by atoms with van der Waals surface area (Å²) in [5, 5.41) is 17.9. The fourth-order valence-corrected chi connectivity index (χ4v) is 1.69. The predicted molar refractivity (Wildman–Crippen MR) is 59.0 cm³/mol. The summed E-state index contributed by atoms with van der Waals surface area (Å²) in [6.45, 7) is 0.456. The molecular formula is C12H15NO3. The maximum Gasteiger partial charge on any atom is 0.407 e. The first kappa shape index (κ1) is 11.0. The summed E-state index contributed by atoms with van der Waals surface area (Å²) >= 11 is 0. The number of carboxylic acid groups (broad SMARTS) is 1. The van der Waals surface area contributed by atoms with Crippen molar-refractivity contribution in [2.45, 2.75) is 32.0 Å². The van der Waals surface area contributed by atoms with Gasteiger partial charge in [0, 0.05) is 12.6 Å². The van der Waals surface area contributed by atoms with Crippen molar-refractivity contribution in [3.63, 3.8) is 0 Å². The molecule has 2 N–H and O–H groups in total. The van der Waals surface area contributed by atoms with E-state index in [4.69, 9.17) is 10.2 Å². The van der Waals surface area contributed by atoms with E-state index >= 15 is 0 Å². The van der Waals surface area contributed by atoms with Gasteiger partial charge in [0.05, 0.1) is 6.61 Å². The van der Waals surface area contributed by atoms with E-state index < -0.39 is 6.09 Å². The number of aliphatic hydroxyl groups excluding tert-OH is 1. The number of amides is 1. The Balaban J connectivity index is 2.03. The molecule has 86 valence electrons. The van der Waals surface area contributed by atoms with E-state index in [0.29, 0.717) is 6.54 Å². The van der Waals surface area contributed by atoms with Gasteiger partial charge in [-0.2, -0.15) is 0 Å². The van der Waals surface area contributed by atoms with Crippen molar-refractivity contribution in [3.8, 4) is 0 Å². The molecule has 0 atom stereocenters. The molecule has 1 aromatic carbocycles. The van der Waals surface area contributed by atoms with Gasteiger partial charge in [-0.1, -0.05) is 24.3 Å². The van der Waals surface area contributed by atoms with Crippen LogP contribution in [0.4, 0.5) is 4.79 Å². The zero-order chi connectivity index (χ0) is 11.5. The Kier molecular flexibility index (Phi) is 3.10. The van der Waals surface area contributed by atoms with E-state index in [0.717, 1.165) is 24.0 Å². The fraction of sp³-hybridized carbons (Fsp3) is 0.417. The summed E-state index contributed by atoms with van der Waals surface area (Å²) in [6, 6.07) is 7.58. The molecule has 0 spiro atoms. The van der Waals surface area contributed by atoms with Gasteiger partial charge in [-0.15, -0.1) is 0 Å². The summed E-state index contributed by atoms with van der Waals surface area (Å²) in [5.41, 5.74) is 1.81. The number of rotatable bonds is 4. The lowest BCUT2D eigenvalue weighted by molar-refractivity contribution is 0.139. The Morgan fingerprint density at radius 3 is 2.25 bits per heavy atom. The smallest absolute Gasteiger partial charge is 0.407 e. The number of hydrogen-bond acceptors (Lipinski definition) is 2. The van der Waals surface area contributed by atoms with Gasteiger partial charge in [0.15, 0.2) is 0 Å². The van der Waals surface area contributed by atoms with Crippen LogP contribution in [0.3, 0.4) is 0 Å². The molecule has 0 aromatic heterocycles. The van der Waals surface area contributed by atoms with Gasteiger partial charge >= 0.3 is 6.09 Å². The zero-order valence-electron chi connectivity index (χ0n) is 8.97. The number of carbonyl (C=O) groups is 1. The second kappa shape index (κ2) is 4.53. The van der Waals surface area contributed by atoms with Gasteiger partial charge < -0.3 is 15.1 Å². The van der Waals surface area contributed by atoms with Gasteiger partial charge in [0.2, 0.25) is 0 Å². The summed E-state index contributed by atoms with van der Waals surface area (Å²) in [5.74, 6) is 0. The Labute approximate surface area is 94.1 Å². The number of benzene rings is 1. The van der Waals surface area contributed by atoms with Gasteiger partial charge in [-0.25, -0.2) is 4.79 Å². The minimum atomic E-state index is -0.853. The van der Waals surface area contributed by atoms with E-state index in [1.165, 1.54) is 4.90 Å². The van der Waals surface area contributed by atoms with Crippen molar-refractivity contribution in [1.29, 1.82) is 0 Å². The third kappa shape index (κ3) is 2.52. The van der Waals surface area contributed by atoms with Crippen LogP contribution in [0.2, 0.25) is 0 Å². The predicted octanol–water partition coefficient (Wildman–Crippen LogP) is 1.82. The third-order valence-corrected chi connectivity index (χ3v) is 2.79. The average Bonchev–Trinajstić information content (AvgIpc) is 3.10. The van der Waals surface area contributed by atoms with E-state index in [9.17, 15) is 4.79 Å². The van der Waals surface area contributed by atoms with Gasteiger partial charge in [-0.3, -0.25) is 0 Å². The van der Waals surface area contributed by atoms with E-state index in [2.05, 4.69) is 0 Å². The Morgan fingerprint density at radius 1 is 1.25 bits per heavy atom. The van der Waals surface area contributed by atoms with Crippen LogP contribution in [0.15, 0.2) is 24.3 Å². The number of hydrogen-bond donors (Lipinski definition) is 2. The van der Waals surface area contributed by atoms with Crippen LogP contribution in [-0.4, -0.2) is 27.2 Å². The summed E-state index contributed by atoms with van der Waals surface area (Å²) in [7, 11) is 0. The monoisotopic (exact) mass is 221 g/mol. The zero-order valence-corrected chi connectivity index (χ0v) is 8.97. The van der Waals surface area contributed by atoms with Crippen molar-refractivity contribution in [3.05, 3.63) is 35.4 Å². The first-order valence-electron chi connectivity index (χ1n) is 5.39.